The Kier molecular flexibility index (Phi) is 3.11. The SMILES string of the molecule is CN(c1ccncc1)S(=O)(=O)c1cnc(N)nc1. The van der Waals surface area contributed by atoms with Crippen molar-refractivity contribution >= 4 is 21.7 Å². The zero-order valence-electron chi connectivity index (χ0n) is 9.56. The molecule has 2 N–H and O–H groups in total. The minimum atomic E-state index is -3.68. The van der Waals surface area contributed by atoms with E-state index in [1.807, 2.05) is 0 Å². The monoisotopic (exact) mass is 265 g/mol. The maximum atomic E-state index is 12.2. The van der Waals surface area contributed by atoms with E-state index in [1.165, 1.54) is 31.8 Å². The van der Waals surface area contributed by atoms with Crippen molar-refractivity contribution in [3.63, 3.8) is 0 Å². The van der Waals surface area contributed by atoms with E-state index in [9.17, 15) is 8.42 Å². The second-order valence-electron chi connectivity index (χ2n) is 3.45. The first-order valence-corrected chi connectivity index (χ1v) is 6.42. The molecule has 94 valence electrons. The zero-order valence-corrected chi connectivity index (χ0v) is 10.4. The fourth-order valence-electron chi connectivity index (χ4n) is 1.31. The summed E-state index contributed by atoms with van der Waals surface area (Å²) in [5, 5.41) is 0. The molecule has 0 spiro atoms. The van der Waals surface area contributed by atoms with Gasteiger partial charge in [0.1, 0.15) is 4.90 Å². The van der Waals surface area contributed by atoms with Crippen LogP contribution in [0.1, 0.15) is 0 Å². The summed E-state index contributed by atoms with van der Waals surface area (Å²) in [6, 6.07) is 3.19. The minimum absolute atomic E-state index is 0.0176. The molecule has 0 radical (unpaired) electrons. The zero-order chi connectivity index (χ0) is 13.2. The van der Waals surface area contributed by atoms with E-state index >= 15 is 0 Å². The van der Waals surface area contributed by atoms with E-state index in [2.05, 4.69) is 15.0 Å². The lowest BCUT2D eigenvalue weighted by molar-refractivity contribution is 0.593. The highest BCUT2D eigenvalue weighted by molar-refractivity contribution is 7.92. The molecule has 0 aliphatic carbocycles. The van der Waals surface area contributed by atoms with Gasteiger partial charge in [0.25, 0.3) is 10.0 Å². The van der Waals surface area contributed by atoms with Gasteiger partial charge in [-0.1, -0.05) is 0 Å². The molecule has 8 heteroatoms. The third-order valence-electron chi connectivity index (χ3n) is 2.33. The van der Waals surface area contributed by atoms with Crippen LogP contribution in [0.2, 0.25) is 0 Å². The lowest BCUT2D eigenvalue weighted by Gasteiger charge is -2.18. The van der Waals surface area contributed by atoms with E-state index in [1.54, 1.807) is 12.1 Å². The normalized spacial score (nSPS) is 11.2. The summed E-state index contributed by atoms with van der Waals surface area (Å²) in [6.45, 7) is 0. The summed E-state index contributed by atoms with van der Waals surface area (Å²) < 4.78 is 25.6. The average molecular weight is 265 g/mol. The second kappa shape index (κ2) is 4.57. The third kappa shape index (κ3) is 2.23. The van der Waals surface area contributed by atoms with Crippen molar-refractivity contribution in [2.24, 2.45) is 0 Å². The molecule has 0 unspecified atom stereocenters. The molecule has 2 rings (SSSR count). The molecule has 7 nitrogen and oxygen atoms in total. The standard InChI is InChI=1S/C10H11N5O2S/c1-15(8-2-4-12-5-3-8)18(16,17)9-6-13-10(11)14-7-9/h2-7H,1H3,(H2,11,13,14). The lowest BCUT2D eigenvalue weighted by Crippen LogP contribution is -2.26. The summed E-state index contributed by atoms with van der Waals surface area (Å²) >= 11 is 0. The van der Waals surface area contributed by atoms with Crippen molar-refractivity contribution in [2.45, 2.75) is 4.90 Å². The number of nitrogens with zero attached hydrogens (tertiary/aromatic N) is 4. The van der Waals surface area contributed by atoms with Gasteiger partial charge >= 0.3 is 0 Å². The molecule has 0 saturated carbocycles. The van der Waals surface area contributed by atoms with Crippen molar-refractivity contribution in [3.8, 4) is 0 Å². The van der Waals surface area contributed by atoms with Crippen LogP contribution in [0, 0.1) is 0 Å². The van der Waals surface area contributed by atoms with Crippen LogP contribution >= 0.6 is 0 Å². The Morgan fingerprint density at radius 1 is 1.17 bits per heavy atom. The molecule has 0 fully saturated rings. The molecule has 2 heterocycles. The third-order valence-corrected chi connectivity index (χ3v) is 4.07. The van der Waals surface area contributed by atoms with Crippen molar-refractivity contribution < 1.29 is 8.42 Å². The highest BCUT2D eigenvalue weighted by Crippen LogP contribution is 2.19. The van der Waals surface area contributed by atoms with Gasteiger partial charge in [-0.15, -0.1) is 0 Å². The topological polar surface area (TPSA) is 102 Å². The van der Waals surface area contributed by atoms with Crippen molar-refractivity contribution in [2.75, 3.05) is 17.1 Å². The average Bonchev–Trinajstić information content (AvgIpc) is 2.39. The van der Waals surface area contributed by atoms with Crippen molar-refractivity contribution in [1.29, 1.82) is 0 Å². The summed E-state index contributed by atoms with van der Waals surface area (Å²) in [5.74, 6) is 0.0283. The Bertz CT molecular complexity index is 627. The Balaban J connectivity index is 2.40. The summed E-state index contributed by atoms with van der Waals surface area (Å²) in [5.41, 5.74) is 5.82. The van der Waals surface area contributed by atoms with Crippen LogP contribution in [-0.4, -0.2) is 30.4 Å². The van der Waals surface area contributed by atoms with E-state index < -0.39 is 10.0 Å². The molecule has 0 atom stereocenters. The quantitative estimate of drug-likeness (QED) is 0.855. The van der Waals surface area contributed by atoms with Gasteiger partial charge in [-0.3, -0.25) is 9.29 Å². The number of hydrogen-bond acceptors (Lipinski definition) is 6. The van der Waals surface area contributed by atoms with Gasteiger partial charge < -0.3 is 5.73 Å². The first-order chi connectivity index (χ1) is 8.51. The lowest BCUT2D eigenvalue weighted by atomic mass is 10.4. The number of aromatic nitrogens is 3. The summed E-state index contributed by atoms with van der Waals surface area (Å²) in [6.07, 6.45) is 5.38. The predicted octanol–water partition coefficient (Wildman–Crippen LogP) is 0.279. The highest BCUT2D eigenvalue weighted by atomic mass is 32.2. The first kappa shape index (κ1) is 12.2. The van der Waals surface area contributed by atoms with Gasteiger partial charge in [0.05, 0.1) is 18.1 Å². The molecule has 0 saturated heterocycles. The van der Waals surface area contributed by atoms with Crippen LogP contribution in [0.25, 0.3) is 0 Å². The molecule has 0 aliphatic heterocycles. The van der Waals surface area contributed by atoms with Crippen molar-refractivity contribution in [1.82, 2.24) is 15.0 Å². The van der Waals surface area contributed by atoms with Crippen LogP contribution in [0.15, 0.2) is 41.8 Å². The van der Waals surface area contributed by atoms with Crippen molar-refractivity contribution in [3.05, 3.63) is 36.9 Å². The molecule has 2 aromatic heterocycles. The fourth-order valence-corrected chi connectivity index (χ4v) is 2.40. The van der Waals surface area contributed by atoms with E-state index in [0.29, 0.717) is 5.69 Å². The van der Waals surface area contributed by atoms with E-state index in [-0.39, 0.29) is 10.8 Å². The number of hydrogen-bond donors (Lipinski definition) is 1. The van der Waals surface area contributed by atoms with E-state index in [4.69, 9.17) is 5.73 Å². The van der Waals surface area contributed by atoms with Crippen LogP contribution < -0.4 is 10.0 Å². The largest absolute Gasteiger partial charge is 0.368 e. The van der Waals surface area contributed by atoms with Gasteiger partial charge in [-0.2, -0.15) is 0 Å². The molecule has 0 bridgehead atoms. The van der Waals surface area contributed by atoms with Crippen LogP contribution in [0.5, 0.6) is 0 Å². The van der Waals surface area contributed by atoms with E-state index in [0.717, 1.165) is 4.31 Å². The predicted molar refractivity (Wildman–Crippen MR) is 66.3 cm³/mol. The van der Waals surface area contributed by atoms with Gasteiger partial charge in [0.15, 0.2) is 0 Å². The maximum Gasteiger partial charge on any atom is 0.267 e. The Morgan fingerprint density at radius 2 is 1.72 bits per heavy atom. The van der Waals surface area contributed by atoms with Gasteiger partial charge in [-0.05, 0) is 12.1 Å². The van der Waals surface area contributed by atoms with Crippen LogP contribution in [0.3, 0.4) is 0 Å². The number of anilines is 2. The molecule has 0 aliphatic rings. The number of rotatable bonds is 3. The fraction of sp³-hybridized carbons (Fsp3) is 0.100. The second-order valence-corrected chi connectivity index (χ2v) is 5.42. The van der Waals surface area contributed by atoms with Gasteiger partial charge in [0.2, 0.25) is 5.95 Å². The molecular formula is C10H11N5O2S. The molecular weight excluding hydrogens is 254 g/mol. The molecule has 0 aromatic carbocycles. The Morgan fingerprint density at radius 3 is 2.28 bits per heavy atom. The first-order valence-electron chi connectivity index (χ1n) is 4.98. The smallest absolute Gasteiger partial charge is 0.267 e. The molecule has 0 amide bonds. The summed E-state index contributed by atoms with van der Waals surface area (Å²) in [4.78, 5) is 11.2. The molecule has 2 aromatic rings. The Hall–Kier alpha value is -2.22. The maximum absolute atomic E-state index is 12.2. The number of pyridine rings is 1. The van der Waals surface area contributed by atoms with Gasteiger partial charge in [-0.25, -0.2) is 18.4 Å². The molecule has 18 heavy (non-hydrogen) atoms. The highest BCUT2D eigenvalue weighted by Gasteiger charge is 2.21. The summed E-state index contributed by atoms with van der Waals surface area (Å²) in [7, 11) is -2.24. The van der Waals surface area contributed by atoms with Crippen LogP contribution in [0.4, 0.5) is 11.6 Å². The van der Waals surface area contributed by atoms with Gasteiger partial charge in [0, 0.05) is 19.4 Å². The number of nitrogens with two attached hydrogens (primary N) is 1. The minimum Gasteiger partial charge on any atom is -0.368 e. The van der Waals surface area contributed by atoms with Crippen LogP contribution in [-0.2, 0) is 10.0 Å². The number of nitrogen functional groups attached to an aromatic ring is 1. The Labute approximate surface area is 104 Å². The number of sulfonamides is 1.